The normalized spacial score (nSPS) is 9.91. The van der Waals surface area contributed by atoms with Crippen molar-refractivity contribution in [2.24, 2.45) is 0 Å². The molecule has 0 atom stereocenters. The molecular weight excluding hydrogens is 280 g/mol. The Hall–Kier alpha value is -2.94. The summed E-state index contributed by atoms with van der Waals surface area (Å²) < 4.78 is 10.5. The molecule has 0 unspecified atom stereocenters. The van der Waals surface area contributed by atoms with Gasteiger partial charge in [-0.3, -0.25) is 0 Å². The number of nitrogens with two attached hydrogens (primary N) is 1. The van der Waals surface area contributed by atoms with E-state index in [0.29, 0.717) is 23.6 Å². The van der Waals surface area contributed by atoms with Crippen LogP contribution in [-0.4, -0.2) is 26.3 Å². The minimum Gasteiger partial charge on any atom is -0.493 e. The number of methoxy groups -OCH3 is 2. The lowest BCUT2D eigenvalue weighted by atomic mass is 10.1. The molecular formula is C16H18N4O2. The Balaban J connectivity index is 2.28. The van der Waals surface area contributed by atoms with Crippen molar-refractivity contribution in [3.05, 3.63) is 41.6 Å². The quantitative estimate of drug-likeness (QED) is 0.911. The van der Waals surface area contributed by atoms with Crippen LogP contribution in [0.4, 0.5) is 11.5 Å². The number of ether oxygens (including phenoxy) is 2. The van der Waals surface area contributed by atoms with E-state index in [-0.39, 0.29) is 5.82 Å². The first kappa shape index (κ1) is 15.4. The monoisotopic (exact) mass is 298 g/mol. The van der Waals surface area contributed by atoms with Gasteiger partial charge in [0.1, 0.15) is 17.5 Å². The van der Waals surface area contributed by atoms with Gasteiger partial charge in [-0.25, -0.2) is 4.98 Å². The number of nitrogens with zero attached hydrogens (tertiary/aromatic N) is 3. The third kappa shape index (κ3) is 3.04. The molecule has 0 aliphatic rings. The Morgan fingerprint density at radius 2 is 1.95 bits per heavy atom. The van der Waals surface area contributed by atoms with Gasteiger partial charge in [0, 0.05) is 19.8 Å². The van der Waals surface area contributed by atoms with Crippen molar-refractivity contribution in [3.8, 4) is 17.6 Å². The Labute approximate surface area is 129 Å². The van der Waals surface area contributed by atoms with Gasteiger partial charge in [-0.1, -0.05) is 6.07 Å². The summed E-state index contributed by atoms with van der Waals surface area (Å²) in [5.41, 5.74) is 7.90. The zero-order valence-electron chi connectivity index (χ0n) is 12.8. The minimum atomic E-state index is 0.235. The Bertz CT molecular complexity index is 710. The van der Waals surface area contributed by atoms with Gasteiger partial charge in [-0.05, 0) is 23.8 Å². The van der Waals surface area contributed by atoms with Gasteiger partial charge in [-0.2, -0.15) is 5.26 Å². The molecule has 0 aliphatic heterocycles. The second-order valence-corrected chi connectivity index (χ2v) is 4.75. The number of aromatic nitrogens is 1. The number of nitriles is 1. The number of rotatable bonds is 5. The van der Waals surface area contributed by atoms with E-state index in [0.717, 1.165) is 11.3 Å². The maximum absolute atomic E-state index is 9.23. The maximum atomic E-state index is 9.23. The molecule has 1 aromatic heterocycles. The lowest BCUT2D eigenvalue weighted by Gasteiger charge is -2.21. The highest BCUT2D eigenvalue weighted by Gasteiger charge is 2.12. The number of hydrogen-bond donors (Lipinski definition) is 1. The van der Waals surface area contributed by atoms with Crippen LogP contribution in [0.5, 0.6) is 11.5 Å². The molecule has 2 rings (SSSR count). The number of hydrogen-bond acceptors (Lipinski definition) is 6. The maximum Gasteiger partial charge on any atom is 0.161 e. The van der Waals surface area contributed by atoms with Gasteiger partial charge in [0.15, 0.2) is 11.5 Å². The van der Waals surface area contributed by atoms with Gasteiger partial charge in [-0.15, -0.1) is 0 Å². The van der Waals surface area contributed by atoms with Crippen LogP contribution in [0, 0.1) is 11.3 Å². The molecule has 0 spiro atoms. The first-order valence-corrected chi connectivity index (χ1v) is 6.67. The Morgan fingerprint density at radius 1 is 1.23 bits per heavy atom. The zero-order chi connectivity index (χ0) is 16.1. The standard InChI is InChI=1S/C16H18N4O2/c1-20(13-6-7-19-16(18)12(13)9-17)10-11-4-5-14(21-2)15(8-11)22-3/h4-8H,10H2,1-3H3,(H2,18,19). The van der Waals surface area contributed by atoms with Gasteiger partial charge in [0.2, 0.25) is 0 Å². The molecule has 1 aromatic carbocycles. The summed E-state index contributed by atoms with van der Waals surface area (Å²) >= 11 is 0. The SMILES string of the molecule is COc1ccc(CN(C)c2ccnc(N)c2C#N)cc1OC. The van der Waals surface area contributed by atoms with Crippen LogP contribution in [-0.2, 0) is 6.54 Å². The molecule has 114 valence electrons. The molecule has 0 saturated carbocycles. The fourth-order valence-electron chi connectivity index (χ4n) is 2.24. The number of anilines is 2. The predicted octanol–water partition coefficient (Wildman–Crippen LogP) is 2.19. The van der Waals surface area contributed by atoms with E-state index in [1.165, 1.54) is 0 Å². The molecule has 0 amide bonds. The van der Waals surface area contributed by atoms with Gasteiger partial charge >= 0.3 is 0 Å². The molecule has 0 bridgehead atoms. The number of benzene rings is 1. The number of pyridine rings is 1. The molecule has 22 heavy (non-hydrogen) atoms. The summed E-state index contributed by atoms with van der Waals surface area (Å²) in [4.78, 5) is 5.88. The molecule has 6 heteroatoms. The first-order valence-electron chi connectivity index (χ1n) is 6.67. The molecule has 2 N–H and O–H groups in total. The van der Waals surface area contributed by atoms with E-state index in [1.807, 2.05) is 30.1 Å². The van der Waals surface area contributed by atoms with Crippen LogP contribution in [0.2, 0.25) is 0 Å². The van der Waals surface area contributed by atoms with Gasteiger partial charge in [0.25, 0.3) is 0 Å². The van der Waals surface area contributed by atoms with Crippen molar-refractivity contribution in [1.82, 2.24) is 4.98 Å². The smallest absolute Gasteiger partial charge is 0.161 e. The summed E-state index contributed by atoms with van der Waals surface area (Å²) in [6.07, 6.45) is 1.59. The Kier molecular flexibility index (Phi) is 4.69. The summed E-state index contributed by atoms with van der Waals surface area (Å²) in [6.45, 7) is 0.596. The molecule has 2 aromatic rings. The van der Waals surface area contributed by atoms with Crippen molar-refractivity contribution in [1.29, 1.82) is 5.26 Å². The fourth-order valence-corrected chi connectivity index (χ4v) is 2.24. The van der Waals surface area contributed by atoms with E-state index in [2.05, 4.69) is 11.1 Å². The summed E-state index contributed by atoms with van der Waals surface area (Å²) in [5, 5.41) is 9.23. The topological polar surface area (TPSA) is 84.4 Å². The molecule has 0 fully saturated rings. The van der Waals surface area contributed by atoms with Crippen molar-refractivity contribution >= 4 is 11.5 Å². The average Bonchev–Trinajstić information content (AvgIpc) is 2.54. The van der Waals surface area contributed by atoms with Crippen LogP contribution in [0.25, 0.3) is 0 Å². The second kappa shape index (κ2) is 6.68. The fraction of sp³-hybridized carbons (Fsp3) is 0.250. The molecule has 1 heterocycles. The number of nitrogen functional groups attached to an aromatic ring is 1. The second-order valence-electron chi connectivity index (χ2n) is 4.75. The molecule has 0 radical (unpaired) electrons. The summed E-state index contributed by atoms with van der Waals surface area (Å²) in [5.74, 6) is 1.59. The minimum absolute atomic E-state index is 0.235. The van der Waals surface area contributed by atoms with Crippen molar-refractivity contribution in [3.63, 3.8) is 0 Å². The van der Waals surface area contributed by atoms with Gasteiger partial charge < -0.3 is 20.1 Å². The van der Waals surface area contributed by atoms with Crippen LogP contribution in [0.3, 0.4) is 0 Å². The molecule has 0 saturated heterocycles. The first-order chi connectivity index (χ1) is 10.6. The lowest BCUT2D eigenvalue weighted by Crippen LogP contribution is -2.18. The Morgan fingerprint density at radius 3 is 2.59 bits per heavy atom. The van der Waals surface area contributed by atoms with Crippen LogP contribution in [0.1, 0.15) is 11.1 Å². The van der Waals surface area contributed by atoms with E-state index in [1.54, 1.807) is 26.5 Å². The van der Waals surface area contributed by atoms with Crippen molar-refractivity contribution in [2.75, 3.05) is 31.9 Å². The predicted molar refractivity (Wildman–Crippen MR) is 85.0 cm³/mol. The van der Waals surface area contributed by atoms with E-state index in [9.17, 15) is 5.26 Å². The summed E-state index contributed by atoms with van der Waals surface area (Å²) in [6, 6.07) is 9.59. The highest BCUT2D eigenvalue weighted by molar-refractivity contribution is 5.67. The van der Waals surface area contributed by atoms with E-state index >= 15 is 0 Å². The van der Waals surface area contributed by atoms with Crippen LogP contribution in [0.15, 0.2) is 30.5 Å². The summed E-state index contributed by atoms with van der Waals surface area (Å²) in [7, 11) is 5.09. The lowest BCUT2D eigenvalue weighted by molar-refractivity contribution is 0.354. The molecule has 6 nitrogen and oxygen atoms in total. The third-order valence-corrected chi connectivity index (χ3v) is 3.35. The molecule has 0 aliphatic carbocycles. The van der Waals surface area contributed by atoms with Crippen LogP contribution < -0.4 is 20.1 Å². The third-order valence-electron chi connectivity index (χ3n) is 3.35. The van der Waals surface area contributed by atoms with E-state index < -0.39 is 0 Å². The largest absolute Gasteiger partial charge is 0.493 e. The highest BCUT2D eigenvalue weighted by atomic mass is 16.5. The average molecular weight is 298 g/mol. The van der Waals surface area contributed by atoms with Gasteiger partial charge in [0.05, 0.1) is 19.9 Å². The van der Waals surface area contributed by atoms with Crippen molar-refractivity contribution < 1.29 is 9.47 Å². The zero-order valence-corrected chi connectivity index (χ0v) is 12.8. The highest BCUT2D eigenvalue weighted by Crippen LogP contribution is 2.29. The van der Waals surface area contributed by atoms with Crippen LogP contribution >= 0.6 is 0 Å². The van der Waals surface area contributed by atoms with Crippen molar-refractivity contribution in [2.45, 2.75) is 6.54 Å². The van der Waals surface area contributed by atoms with E-state index in [4.69, 9.17) is 15.2 Å².